The molecule has 0 aromatic heterocycles. The van der Waals surface area contributed by atoms with Gasteiger partial charge in [-0.25, -0.2) is 9.18 Å². The number of rotatable bonds is 4. The Kier molecular flexibility index (Phi) is 5.59. The van der Waals surface area contributed by atoms with Gasteiger partial charge in [-0.3, -0.25) is 14.5 Å². The summed E-state index contributed by atoms with van der Waals surface area (Å²) in [4.78, 5) is 37.9. The molecule has 0 bridgehead atoms. The standard InChI is InChI=1S/C19H14BrF4N3O3/c1-18(10-2-4-11(21)5-3-10)16(29)27(17(30)26-18)9-15(28)25-12-6-7-14(20)13(8-12)19(22,23)24/h2-8H,9H2,1H3,(H,25,28)(H,26,30). The van der Waals surface area contributed by atoms with Crippen molar-refractivity contribution >= 4 is 39.5 Å². The molecule has 6 nitrogen and oxygen atoms in total. The van der Waals surface area contributed by atoms with E-state index in [1.165, 1.54) is 25.1 Å². The second-order valence-corrected chi connectivity index (χ2v) is 7.55. The number of halogens is 5. The number of nitrogens with one attached hydrogen (secondary N) is 2. The number of hydrogen-bond donors (Lipinski definition) is 2. The van der Waals surface area contributed by atoms with Crippen LogP contribution in [0.2, 0.25) is 0 Å². The van der Waals surface area contributed by atoms with Gasteiger partial charge in [0.25, 0.3) is 5.91 Å². The lowest BCUT2D eigenvalue weighted by Gasteiger charge is -2.22. The zero-order chi connectivity index (χ0) is 22.3. The summed E-state index contributed by atoms with van der Waals surface area (Å²) in [7, 11) is 0. The number of nitrogens with zero attached hydrogens (tertiary/aromatic N) is 1. The summed E-state index contributed by atoms with van der Waals surface area (Å²) in [5, 5.41) is 4.69. The van der Waals surface area contributed by atoms with Crippen LogP contribution >= 0.6 is 15.9 Å². The van der Waals surface area contributed by atoms with E-state index < -0.39 is 47.5 Å². The lowest BCUT2D eigenvalue weighted by atomic mass is 9.92. The minimum Gasteiger partial charge on any atom is -0.325 e. The van der Waals surface area contributed by atoms with Gasteiger partial charge in [-0.2, -0.15) is 13.2 Å². The van der Waals surface area contributed by atoms with Crippen LogP contribution in [0.1, 0.15) is 18.1 Å². The van der Waals surface area contributed by atoms with Gasteiger partial charge < -0.3 is 10.6 Å². The van der Waals surface area contributed by atoms with Crippen LogP contribution < -0.4 is 10.6 Å². The van der Waals surface area contributed by atoms with E-state index >= 15 is 0 Å². The van der Waals surface area contributed by atoms with Crippen LogP contribution in [-0.4, -0.2) is 29.3 Å². The van der Waals surface area contributed by atoms with E-state index in [9.17, 15) is 31.9 Å². The summed E-state index contributed by atoms with van der Waals surface area (Å²) in [5.41, 5.74) is -2.33. The summed E-state index contributed by atoms with van der Waals surface area (Å²) < 4.78 is 51.9. The van der Waals surface area contributed by atoms with Crippen molar-refractivity contribution < 1.29 is 31.9 Å². The second kappa shape index (κ2) is 7.71. The SMILES string of the molecule is CC1(c2ccc(F)cc2)NC(=O)N(CC(=O)Nc2ccc(Br)c(C(F)(F)F)c2)C1=O. The van der Waals surface area contributed by atoms with Gasteiger partial charge in [0, 0.05) is 10.2 Å². The number of carbonyl (C=O) groups is 3. The molecule has 4 amide bonds. The number of benzene rings is 2. The topological polar surface area (TPSA) is 78.5 Å². The molecule has 0 radical (unpaired) electrons. The molecule has 11 heteroatoms. The average Bonchev–Trinajstić information content (AvgIpc) is 2.87. The van der Waals surface area contributed by atoms with E-state index in [-0.39, 0.29) is 10.2 Å². The van der Waals surface area contributed by atoms with E-state index in [2.05, 4.69) is 26.6 Å². The Labute approximate surface area is 176 Å². The minimum atomic E-state index is -4.64. The Morgan fingerprint density at radius 3 is 2.40 bits per heavy atom. The van der Waals surface area contributed by atoms with Gasteiger partial charge in [0.05, 0.1) is 5.56 Å². The molecule has 1 heterocycles. The first-order chi connectivity index (χ1) is 13.9. The van der Waals surface area contributed by atoms with Crippen LogP contribution in [-0.2, 0) is 21.3 Å². The monoisotopic (exact) mass is 487 g/mol. The average molecular weight is 488 g/mol. The van der Waals surface area contributed by atoms with Crippen molar-refractivity contribution in [2.24, 2.45) is 0 Å². The maximum absolute atomic E-state index is 13.1. The summed E-state index contributed by atoms with van der Waals surface area (Å²) in [6, 6.07) is 7.16. The first-order valence-electron chi connectivity index (χ1n) is 8.48. The third-order valence-corrected chi connectivity index (χ3v) is 5.25. The third kappa shape index (κ3) is 4.16. The van der Waals surface area contributed by atoms with Crippen LogP contribution in [0.3, 0.4) is 0 Å². The highest BCUT2D eigenvalue weighted by molar-refractivity contribution is 9.10. The van der Waals surface area contributed by atoms with Gasteiger partial charge in [-0.05, 0) is 42.8 Å². The molecule has 1 aliphatic heterocycles. The molecule has 0 saturated carbocycles. The van der Waals surface area contributed by atoms with E-state index in [1.807, 2.05) is 0 Å². The van der Waals surface area contributed by atoms with Gasteiger partial charge in [-0.1, -0.05) is 28.1 Å². The van der Waals surface area contributed by atoms with Crippen molar-refractivity contribution in [1.82, 2.24) is 10.2 Å². The number of urea groups is 1. The van der Waals surface area contributed by atoms with Gasteiger partial charge >= 0.3 is 12.2 Å². The fourth-order valence-corrected chi connectivity index (χ4v) is 3.46. The van der Waals surface area contributed by atoms with Crippen LogP contribution in [0.4, 0.5) is 28.0 Å². The molecule has 2 aromatic rings. The molecular formula is C19H14BrF4N3O3. The maximum Gasteiger partial charge on any atom is 0.417 e. The van der Waals surface area contributed by atoms with Crippen LogP contribution in [0.5, 0.6) is 0 Å². The molecule has 1 atom stereocenters. The summed E-state index contributed by atoms with van der Waals surface area (Å²) in [6.45, 7) is 0.696. The predicted octanol–water partition coefficient (Wildman–Crippen LogP) is 4.01. The largest absolute Gasteiger partial charge is 0.417 e. The zero-order valence-electron chi connectivity index (χ0n) is 15.3. The lowest BCUT2D eigenvalue weighted by molar-refractivity contribution is -0.138. The maximum atomic E-state index is 13.1. The number of carbonyl (C=O) groups excluding carboxylic acids is 3. The summed E-state index contributed by atoms with van der Waals surface area (Å²) in [6.07, 6.45) is -4.64. The minimum absolute atomic E-state index is 0.149. The van der Waals surface area contributed by atoms with E-state index in [0.29, 0.717) is 10.5 Å². The van der Waals surface area contributed by atoms with Gasteiger partial charge in [0.1, 0.15) is 17.9 Å². The third-order valence-electron chi connectivity index (χ3n) is 4.55. The van der Waals surface area contributed by atoms with E-state index in [0.717, 1.165) is 24.3 Å². The Balaban J connectivity index is 1.75. The van der Waals surface area contributed by atoms with Gasteiger partial charge in [-0.15, -0.1) is 0 Å². The van der Waals surface area contributed by atoms with E-state index in [4.69, 9.17) is 0 Å². The van der Waals surface area contributed by atoms with Crippen molar-refractivity contribution in [3.63, 3.8) is 0 Å². The number of imide groups is 1. The van der Waals surface area contributed by atoms with Gasteiger partial charge in [0.2, 0.25) is 5.91 Å². The van der Waals surface area contributed by atoms with Crippen molar-refractivity contribution in [2.45, 2.75) is 18.6 Å². The van der Waals surface area contributed by atoms with Crippen molar-refractivity contribution in [3.8, 4) is 0 Å². The molecule has 2 aromatic carbocycles. The molecule has 1 aliphatic rings. The molecule has 2 N–H and O–H groups in total. The van der Waals surface area contributed by atoms with E-state index in [1.54, 1.807) is 0 Å². The lowest BCUT2D eigenvalue weighted by Crippen LogP contribution is -2.42. The fraction of sp³-hybridized carbons (Fsp3) is 0.211. The zero-order valence-corrected chi connectivity index (χ0v) is 16.9. The molecule has 1 saturated heterocycles. The molecule has 1 unspecified atom stereocenters. The molecule has 1 fully saturated rings. The Hall–Kier alpha value is -2.95. The first-order valence-corrected chi connectivity index (χ1v) is 9.28. The van der Waals surface area contributed by atoms with Crippen LogP contribution in [0.25, 0.3) is 0 Å². The highest BCUT2D eigenvalue weighted by Crippen LogP contribution is 2.36. The summed E-state index contributed by atoms with van der Waals surface area (Å²) in [5.74, 6) is -2.14. The first kappa shape index (κ1) is 21.8. The van der Waals surface area contributed by atoms with Gasteiger partial charge in [0.15, 0.2) is 0 Å². The number of amides is 4. The number of hydrogen-bond acceptors (Lipinski definition) is 3. The smallest absolute Gasteiger partial charge is 0.325 e. The summed E-state index contributed by atoms with van der Waals surface area (Å²) >= 11 is 2.80. The Morgan fingerprint density at radius 2 is 1.80 bits per heavy atom. The fourth-order valence-electron chi connectivity index (χ4n) is 2.98. The normalized spacial score (nSPS) is 19.1. The Morgan fingerprint density at radius 1 is 1.17 bits per heavy atom. The van der Waals surface area contributed by atoms with Crippen molar-refractivity contribution in [2.75, 3.05) is 11.9 Å². The molecule has 158 valence electrons. The molecule has 0 spiro atoms. The Bertz CT molecular complexity index is 1030. The molecule has 3 rings (SSSR count). The second-order valence-electron chi connectivity index (χ2n) is 6.69. The molecular weight excluding hydrogens is 474 g/mol. The number of anilines is 1. The molecule has 30 heavy (non-hydrogen) atoms. The van der Waals surface area contributed by atoms with Crippen molar-refractivity contribution in [3.05, 3.63) is 63.9 Å². The van der Waals surface area contributed by atoms with Crippen LogP contribution in [0.15, 0.2) is 46.9 Å². The molecule has 0 aliphatic carbocycles. The highest BCUT2D eigenvalue weighted by atomic mass is 79.9. The quantitative estimate of drug-likeness (QED) is 0.505. The van der Waals surface area contributed by atoms with Crippen LogP contribution in [0, 0.1) is 5.82 Å². The predicted molar refractivity (Wildman–Crippen MR) is 102 cm³/mol. The van der Waals surface area contributed by atoms with Crippen molar-refractivity contribution in [1.29, 1.82) is 0 Å². The highest BCUT2D eigenvalue weighted by Gasteiger charge is 2.49. The number of alkyl halides is 3.